The van der Waals surface area contributed by atoms with Crippen molar-refractivity contribution >= 4 is 11.6 Å². The van der Waals surface area contributed by atoms with Crippen LogP contribution in [0, 0.1) is 6.92 Å². The van der Waals surface area contributed by atoms with Gasteiger partial charge in [0.2, 0.25) is 0 Å². The summed E-state index contributed by atoms with van der Waals surface area (Å²) >= 11 is 5.93. The van der Waals surface area contributed by atoms with Gasteiger partial charge >= 0.3 is 0 Å². The summed E-state index contributed by atoms with van der Waals surface area (Å²) in [5, 5.41) is 0.660. The third kappa shape index (κ3) is 3.25. The SMILES string of the molecule is Cc1cccc(C(CN)Oc2cccc(Cl)c2)c1. The second-order valence-corrected chi connectivity index (χ2v) is 4.65. The van der Waals surface area contributed by atoms with E-state index in [0.29, 0.717) is 11.6 Å². The summed E-state index contributed by atoms with van der Waals surface area (Å²) in [6.45, 7) is 2.48. The van der Waals surface area contributed by atoms with E-state index in [9.17, 15) is 0 Å². The average molecular weight is 262 g/mol. The van der Waals surface area contributed by atoms with Crippen molar-refractivity contribution < 1.29 is 4.74 Å². The molecule has 1 unspecified atom stereocenters. The van der Waals surface area contributed by atoms with Gasteiger partial charge in [0.15, 0.2) is 0 Å². The van der Waals surface area contributed by atoms with Crippen LogP contribution in [0.1, 0.15) is 17.2 Å². The first kappa shape index (κ1) is 12.9. The Morgan fingerprint density at radius 1 is 1.17 bits per heavy atom. The number of hydrogen-bond donors (Lipinski definition) is 1. The van der Waals surface area contributed by atoms with Gasteiger partial charge in [0, 0.05) is 11.6 Å². The van der Waals surface area contributed by atoms with Crippen LogP contribution in [-0.2, 0) is 0 Å². The number of rotatable bonds is 4. The molecule has 1 atom stereocenters. The molecule has 0 bridgehead atoms. The number of nitrogens with two attached hydrogens (primary N) is 1. The predicted octanol–water partition coefficient (Wildman–Crippen LogP) is 3.73. The molecule has 0 fully saturated rings. The van der Waals surface area contributed by atoms with Crippen molar-refractivity contribution in [1.29, 1.82) is 0 Å². The molecule has 2 N–H and O–H groups in total. The van der Waals surface area contributed by atoms with E-state index in [1.165, 1.54) is 5.56 Å². The van der Waals surface area contributed by atoms with Gasteiger partial charge in [0.25, 0.3) is 0 Å². The fraction of sp³-hybridized carbons (Fsp3) is 0.200. The highest BCUT2D eigenvalue weighted by Gasteiger charge is 2.11. The van der Waals surface area contributed by atoms with Crippen LogP contribution in [0.15, 0.2) is 48.5 Å². The number of ether oxygens (including phenoxy) is 1. The molecule has 0 aliphatic rings. The van der Waals surface area contributed by atoms with E-state index >= 15 is 0 Å². The Labute approximate surface area is 112 Å². The topological polar surface area (TPSA) is 35.2 Å². The average Bonchev–Trinajstić information content (AvgIpc) is 2.36. The maximum atomic E-state index is 5.93. The van der Waals surface area contributed by atoms with E-state index in [0.717, 1.165) is 11.3 Å². The summed E-state index contributed by atoms with van der Waals surface area (Å²) in [5.41, 5.74) is 8.06. The standard InChI is InChI=1S/C15H16ClNO/c1-11-4-2-5-12(8-11)15(10-17)18-14-7-3-6-13(16)9-14/h2-9,15H,10,17H2,1H3. The number of hydrogen-bond acceptors (Lipinski definition) is 2. The van der Waals surface area contributed by atoms with Crippen molar-refractivity contribution in [2.24, 2.45) is 5.73 Å². The molecule has 0 aliphatic carbocycles. The summed E-state index contributed by atoms with van der Waals surface area (Å²) in [6.07, 6.45) is -0.150. The van der Waals surface area contributed by atoms with Gasteiger partial charge in [-0.3, -0.25) is 0 Å². The van der Waals surface area contributed by atoms with Crippen LogP contribution in [0.5, 0.6) is 5.75 Å². The Morgan fingerprint density at radius 2 is 1.94 bits per heavy atom. The van der Waals surface area contributed by atoms with Crippen LogP contribution in [0.2, 0.25) is 5.02 Å². The molecular formula is C15H16ClNO. The summed E-state index contributed by atoms with van der Waals surface area (Å²) in [7, 11) is 0. The van der Waals surface area contributed by atoms with Crippen LogP contribution in [0.25, 0.3) is 0 Å². The fourth-order valence-corrected chi connectivity index (χ4v) is 2.01. The van der Waals surface area contributed by atoms with Gasteiger partial charge < -0.3 is 10.5 Å². The van der Waals surface area contributed by atoms with Crippen molar-refractivity contribution in [3.05, 3.63) is 64.7 Å². The first-order valence-electron chi connectivity index (χ1n) is 5.88. The molecule has 0 saturated heterocycles. The smallest absolute Gasteiger partial charge is 0.136 e. The Hall–Kier alpha value is -1.51. The lowest BCUT2D eigenvalue weighted by atomic mass is 10.1. The van der Waals surface area contributed by atoms with Gasteiger partial charge in [-0.15, -0.1) is 0 Å². The molecule has 0 saturated carbocycles. The van der Waals surface area contributed by atoms with Gasteiger partial charge in [-0.25, -0.2) is 0 Å². The molecule has 18 heavy (non-hydrogen) atoms. The van der Waals surface area contributed by atoms with Crippen molar-refractivity contribution in [2.45, 2.75) is 13.0 Å². The van der Waals surface area contributed by atoms with Crippen molar-refractivity contribution in [2.75, 3.05) is 6.54 Å². The van der Waals surface area contributed by atoms with Gasteiger partial charge in [-0.05, 0) is 30.7 Å². The van der Waals surface area contributed by atoms with Crippen LogP contribution in [0.4, 0.5) is 0 Å². The molecule has 0 amide bonds. The lowest BCUT2D eigenvalue weighted by Crippen LogP contribution is -2.18. The minimum absolute atomic E-state index is 0.150. The lowest BCUT2D eigenvalue weighted by Gasteiger charge is -2.18. The van der Waals surface area contributed by atoms with Gasteiger partial charge in [-0.1, -0.05) is 47.5 Å². The largest absolute Gasteiger partial charge is 0.484 e. The molecule has 2 nitrogen and oxygen atoms in total. The van der Waals surface area contributed by atoms with Crippen LogP contribution in [-0.4, -0.2) is 6.54 Å². The van der Waals surface area contributed by atoms with Gasteiger partial charge in [0.1, 0.15) is 11.9 Å². The molecule has 3 heteroatoms. The molecule has 0 radical (unpaired) electrons. The summed E-state index contributed by atoms with van der Waals surface area (Å²) in [5.74, 6) is 0.736. The van der Waals surface area contributed by atoms with Crippen molar-refractivity contribution in [3.63, 3.8) is 0 Å². The molecule has 0 heterocycles. The zero-order chi connectivity index (χ0) is 13.0. The number of benzene rings is 2. The fourth-order valence-electron chi connectivity index (χ4n) is 1.83. The Morgan fingerprint density at radius 3 is 2.61 bits per heavy atom. The predicted molar refractivity (Wildman–Crippen MR) is 75.1 cm³/mol. The minimum atomic E-state index is -0.150. The first-order chi connectivity index (χ1) is 8.69. The van der Waals surface area contributed by atoms with Crippen LogP contribution < -0.4 is 10.5 Å². The molecule has 2 aromatic rings. The highest BCUT2D eigenvalue weighted by Crippen LogP contribution is 2.24. The molecule has 2 aromatic carbocycles. The van der Waals surface area contributed by atoms with Crippen molar-refractivity contribution in [3.8, 4) is 5.75 Å². The monoisotopic (exact) mass is 261 g/mol. The molecular weight excluding hydrogens is 246 g/mol. The van der Waals surface area contributed by atoms with Crippen LogP contribution in [0.3, 0.4) is 0 Å². The van der Waals surface area contributed by atoms with E-state index in [4.69, 9.17) is 22.1 Å². The van der Waals surface area contributed by atoms with E-state index < -0.39 is 0 Å². The van der Waals surface area contributed by atoms with Gasteiger partial charge in [0.05, 0.1) is 0 Å². The first-order valence-corrected chi connectivity index (χ1v) is 6.25. The van der Waals surface area contributed by atoms with Crippen LogP contribution >= 0.6 is 11.6 Å². The second-order valence-electron chi connectivity index (χ2n) is 4.21. The lowest BCUT2D eigenvalue weighted by molar-refractivity contribution is 0.214. The maximum absolute atomic E-state index is 5.93. The molecule has 0 aromatic heterocycles. The summed E-state index contributed by atoms with van der Waals surface area (Å²) < 4.78 is 5.88. The molecule has 0 spiro atoms. The van der Waals surface area contributed by atoms with Crippen molar-refractivity contribution in [1.82, 2.24) is 0 Å². The van der Waals surface area contributed by atoms with Gasteiger partial charge in [-0.2, -0.15) is 0 Å². The Balaban J connectivity index is 2.19. The Kier molecular flexibility index (Phi) is 4.24. The highest BCUT2D eigenvalue weighted by molar-refractivity contribution is 6.30. The summed E-state index contributed by atoms with van der Waals surface area (Å²) in [6, 6.07) is 15.5. The maximum Gasteiger partial charge on any atom is 0.136 e. The number of aryl methyl sites for hydroxylation is 1. The highest BCUT2D eigenvalue weighted by atomic mass is 35.5. The van der Waals surface area contributed by atoms with E-state index in [2.05, 4.69) is 19.1 Å². The summed E-state index contributed by atoms with van der Waals surface area (Å²) in [4.78, 5) is 0. The second kappa shape index (κ2) is 5.89. The molecule has 0 aliphatic heterocycles. The zero-order valence-electron chi connectivity index (χ0n) is 10.3. The zero-order valence-corrected chi connectivity index (χ0v) is 11.0. The Bertz CT molecular complexity index is 527. The molecule has 2 rings (SSSR count). The molecule has 94 valence electrons. The van der Waals surface area contributed by atoms with E-state index in [1.807, 2.05) is 30.3 Å². The number of halogens is 1. The normalized spacial score (nSPS) is 12.2. The third-order valence-corrected chi connectivity index (χ3v) is 2.94. The quantitative estimate of drug-likeness (QED) is 0.910. The minimum Gasteiger partial charge on any atom is -0.484 e. The third-order valence-electron chi connectivity index (χ3n) is 2.70. The van der Waals surface area contributed by atoms with E-state index in [1.54, 1.807) is 6.07 Å². The van der Waals surface area contributed by atoms with E-state index in [-0.39, 0.29) is 6.10 Å².